The van der Waals surface area contributed by atoms with E-state index < -0.39 is 0 Å². The van der Waals surface area contributed by atoms with E-state index >= 15 is 0 Å². The van der Waals surface area contributed by atoms with E-state index in [-0.39, 0.29) is 25.4 Å². The highest BCUT2D eigenvalue weighted by Gasteiger charge is 2.15. The summed E-state index contributed by atoms with van der Waals surface area (Å²) < 4.78 is 18.9. The first kappa shape index (κ1) is 18.5. The van der Waals surface area contributed by atoms with Crippen molar-refractivity contribution in [2.24, 2.45) is 0 Å². The summed E-state index contributed by atoms with van der Waals surface area (Å²) in [7, 11) is 0. The van der Waals surface area contributed by atoms with Crippen LogP contribution in [0.5, 0.6) is 0 Å². The van der Waals surface area contributed by atoms with Gasteiger partial charge in [-0.05, 0) is 30.3 Å². The van der Waals surface area contributed by atoms with Crippen molar-refractivity contribution in [3.05, 3.63) is 48.5 Å². The van der Waals surface area contributed by atoms with Crippen molar-refractivity contribution in [3.63, 3.8) is 0 Å². The number of hydrogen-bond acceptors (Lipinski definition) is 6. The number of rotatable bonds is 4. The molecule has 0 bridgehead atoms. The van der Waals surface area contributed by atoms with E-state index in [9.17, 15) is 4.39 Å². The Labute approximate surface area is 157 Å². The van der Waals surface area contributed by atoms with Gasteiger partial charge in [0, 0.05) is 37.6 Å². The van der Waals surface area contributed by atoms with Crippen molar-refractivity contribution in [1.29, 1.82) is 0 Å². The van der Waals surface area contributed by atoms with Gasteiger partial charge < -0.3 is 15.4 Å². The fourth-order valence-electron chi connectivity index (χ4n) is 2.83. The number of morpholine rings is 1. The zero-order valence-corrected chi connectivity index (χ0v) is 15.1. The molecule has 4 rings (SSSR count). The van der Waals surface area contributed by atoms with Crippen molar-refractivity contribution < 1.29 is 9.13 Å². The third-order valence-electron chi connectivity index (χ3n) is 4.10. The van der Waals surface area contributed by atoms with Gasteiger partial charge in [0.2, 0.25) is 0 Å². The second kappa shape index (κ2) is 8.39. The number of fused-ring (bicyclic) bond motifs is 1. The van der Waals surface area contributed by atoms with Crippen LogP contribution >= 0.6 is 13.5 Å². The minimum Gasteiger partial charge on any atom is -0.374 e. The van der Waals surface area contributed by atoms with Crippen molar-refractivity contribution in [2.75, 3.05) is 31.6 Å². The van der Waals surface area contributed by atoms with E-state index in [1.165, 1.54) is 12.1 Å². The highest BCUT2D eigenvalue weighted by molar-refractivity contribution is 7.59. The SMILES string of the molecule is Fc1ccc(-c2cc3nccnc3c(NC[C@@H]3CNCCO3)n2)cc1.S. The van der Waals surface area contributed by atoms with E-state index in [2.05, 4.69) is 25.6 Å². The summed E-state index contributed by atoms with van der Waals surface area (Å²) in [6.07, 6.45) is 3.37. The van der Waals surface area contributed by atoms with Crippen molar-refractivity contribution in [2.45, 2.75) is 6.10 Å². The first-order chi connectivity index (χ1) is 12.3. The lowest BCUT2D eigenvalue weighted by molar-refractivity contribution is 0.0372. The van der Waals surface area contributed by atoms with Crippen molar-refractivity contribution in [3.8, 4) is 11.3 Å². The lowest BCUT2D eigenvalue weighted by Crippen LogP contribution is -2.42. The summed E-state index contributed by atoms with van der Waals surface area (Å²) >= 11 is 0. The Balaban J connectivity index is 0.00000196. The molecule has 1 aromatic carbocycles. The van der Waals surface area contributed by atoms with Gasteiger partial charge in [0.05, 0.1) is 23.9 Å². The molecule has 0 unspecified atom stereocenters. The maximum Gasteiger partial charge on any atom is 0.154 e. The number of anilines is 1. The molecular formula is C18H20FN5OS. The second-order valence-electron chi connectivity index (χ2n) is 5.86. The molecular weight excluding hydrogens is 353 g/mol. The molecule has 1 atom stereocenters. The van der Waals surface area contributed by atoms with Crippen LogP contribution in [0.4, 0.5) is 10.2 Å². The van der Waals surface area contributed by atoms with Crippen LogP contribution in [0.15, 0.2) is 42.7 Å². The van der Waals surface area contributed by atoms with Crippen LogP contribution in [-0.2, 0) is 4.74 Å². The van der Waals surface area contributed by atoms with Gasteiger partial charge in [-0.3, -0.25) is 4.98 Å². The molecule has 1 fully saturated rings. The highest BCUT2D eigenvalue weighted by Crippen LogP contribution is 2.25. The minimum atomic E-state index is -0.273. The van der Waals surface area contributed by atoms with Gasteiger partial charge in [0.25, 0.3) is 0 Å². The van der Waals surface area contributed by atoms with E-state index in [1.807, 2.05) is 6.07 Å². The average Bonchev–Trinajstić information content (AvgIpc) is 2.67. The number of ether oxygens (including phenoxy) is 1. The Morgan fingerprint density at radius 1 is 1.19 bits per heavy atom. The summed E-state index contributed by atoms with van der Waals surface area (Å²) in [6, 6.07) is 8.12. The van der Waals surface area contributed by atoms with E-state index in [0.29, 0.717) is 24.5 Å². The number of aromatic nitrogens is 3. The summed E-state index contributed by atoms with van der Waals surface area (Å²) in [6.45, 7) is 3.01. The average molecular weight is 373 g/mol. The lowest BCUT2D eigenvalue weighted by Gasteiger charge is -2.24. The van der Waals surface area contributed by atoms with Gasteiger partial charge in [-0.15, -0.1) is 0 Å². The van der Waals surface area contributed by atoms with Gasteiger partial charge in [0.15, 0.2) is 5.82 Å². The number of halogens is 1. The van der Waals surface area contributed by atoms with Crippen LogP contribution in [0.3, 0.4) is 0 Å². The molecule has 8 heteroatoms. The number of pyridine rings is 1. The molecule has 2 aromatic heterocycles. The minimum absolute atomic E-state index is 0. The smallest absolute Gasteiger partial charge is 0.154 e. The van der Waals surface area contributed by atoms with Crippen LogP contribution in [0.25, 0.3) is 22.3 Å². The normalized spacial score (nSPS) is 16.9. The Morgan fingerprint density at radius 3 is 2.77 bits per heavy atom. The number of hydrogen-bond donors (Lipinski definition) is 2. The fourth-order valence-corrected chi connectivity index (χ4v) is 2.83. The molecule has 0 spiro atoms. The van der Waals surface area contributed by atoms with E-state index in [4.69, 9.17) is 4.74 Å². The predicted octanol–water partition coefficient (Wildman–Crippen LogP) is 2.34. The van der Waals surface area contributed by atoms with Crippen molar-refractivity contribution >= 4 is 30.3 Å². The number of benzene rings is 1. The molecule has 1 aliphatic heterocycles. The predicted molar refractivity (Wildman–Crippen MR) is 104 cm³/mol. The van der Waals surface area contributed by atoms with Crippen LogP contribution in [0.1, 0.15) is 0 Å². The third-order valence-corrected chi connectivity index (χ3v) is 4.10. The van der Waals surface area contributed by atoms with Crippen molar-refractivity contribution in [1.82, 2.24) is 20.3 Å². The Morgan fingerprint density at radius 2 is 2.00 bits per heavy atom. The Bertz CT molecular complexity index is 871. The molecule has 3 heterocycles. The Kier molecular flexibility index (Phi) is 5.97. The second-order valence-corrected chi connectivity index (χ2v) is 5.86. The first-order valence-electron chi connectivity index (χ1n) is 8.23. The monoisotopic (exact) mass is 373 g/mol. The molecule has 0 amide bonds. The third kappa shape index (κ3) is 4.09. The molecule has 136 valence electrons. The van der Waals surface area contributed by atoms with Gasteiger partial charge in [-0.1, -0.05) is 0 Å². The number of nitrogens with zero attached hydrogens (tertiary/aromatic N) is 3. The van der Waals surface area contributed by atoms with Crippen LogP contribution in [0.2, 0.25) is 0 Å². The maximum absolute atomic E-state index is 13.2. The zero-order chi connectivity index (χ0) is 17.1. The van der Waals surface area contributed by atoms with Crippen LogP contribution < -0.4 is 10.6 Å². The topological polar surface area (TPSA) is 72.0 Å². The zero-order valence-electron chi connectivity index (χ0n) is 14.1. The van der Waals surface area contributed by atoms with Gasteiger partial charge in [-0.25, -0.2) is 14.4 Å². The molecule has 0 aliphatic carbocycles. The molecule has 2 N–H and O–H groups in total. The molecule has 6 nitrogen and oxygen atoms in total. The van der Waals surface area contributed by atoms with E-state index in [0.717, 1.165) is 29.9 Å². The Hall–Kier alpha value is -2.29. The summed E-state index contributed by atoms with van der Waals surface area (Å²) in [5.41, 5.74) is 2.99. The number of nitrogens with one attached hydrogen (secondary N) is 2. The van der Waals surface area contributed by atoms with Gasteiger partial charge in [0.1, 0.15) is 11.3 Å². The molecule has 1 aliphatic rings. The van der Waals surface area contributed by atoms with Crippen LogP contribution in [-0.4, -0.2) is 47.3 Å². The molecule has 0 radical (unpaired) electrons. The standard InChI is InChI=1S/C18H18FN5O.H2S/c19-13-3-1-12(2-4-13)15-9-16-17(22-6-5-21-16)18(24-15)23-11-14-10-20-7-8-25-14;/h1-6,9,14,20H,7-8,10-11H2,(H,23,24);1H2/t14-;/m0./s1. The first-order valence-corrected chi connectivity index (χ1v) is 8.23. The van der Waals surface area contributed by atoms with Gasteiger partial charge >= 0.3 is 0 Å². The quantitative estimate of drug-likeness (QED) is 0.731. The molecule has 1 saturated heterocycles. The summed E-state index contributed by atoms with van der Waals surface area (Å²) in [4.78, 5) is 13.4. The van der Waals surface area contributed by atoms with Crippen LogP contribution in [0, 0.1) is 5.82 Å². The molecule has 3 aromatic rings. The summed E-state index contributed by atoms with van der Waals surface area (Å²) in [5, 5.41) is 6.63. The maximum atomic E-state index is 13.2. The largest absolute Gasteiger partial charge is 0.374 e. The van der Waals surface area contributed by atoms with E-state index in [1.54, 1.807) is 24.5 Å². The highest BCUT2D eigenvalue weighted by atomic mass is 32.1. The fraction of sp³-hybridized carbons (Fsp3) is 0.278. The molecule has 0 saturated carbocycles. The molecule has 26 heavy (non-hydrogen) atoms. The summed E-state index contributed by atoms with van der Waals surface area (Å²) in [5.74, 6) is 0.378. The van der Waals surface area contributed by atoms with Gasteiger partial charge in [-0.2, -0.15) is 13.5 Å². The lowest BCUT2D eigenvalue weighted by atomic mass is 10.1.